The number of hydrogen-bond donors (Lipinski definition) is 1. The summed E-state index contributed by atoms with van der Waals surface area (Å²) in [6.45, 7) is 3.96. The molecule has 2 heteroatoms. The van der Waals surface area contributed by atoms with Crippen molar-refractivity contribution >= 4 is 0 Å². The fourth-order valence-electron chi connectivity index (χ4n) is 1.67. The second-order valence-electron chi connectivity index (χ2n) is 3.59. The third-order valence-corrected chi connectivity index (χ3v) is 2.41. The van der Waals surface area contributed by atoms with Gasteiger partial charge in [-0.25, -0.2) is 0 Å². The van der Waals surface area contributed by atoms with Gasteiger partial charge in [0.1, 0.15) is 6.10 Å². The Morgan fingerprint density at radius 2 is 2.09 bits per heavy atom. The van der Waals surface area contributed by atoms with Crippen molar-refractivity contribution in [1.29, 1.82) is 0 Å². The lowest BCUT2D eigenvalue weighted by Crippen LogP contribution is -2.16. The van der Waals surface area contributed by atoms with Gasteiger partial charge in [0.15, 0.2) is 0 Å². The van der Waals surface area contributed by atoms with E-state index in [0.29, 0.717) is 0 Å². The summed E-state index contributed by atoms with van der Waals surface area (Å²) in [6, 6.07) is 2.98. The van der Waals surface area contributed by atoms with Crippen LogP contribution in [-0.2, 0) is 0 Å². The number of likely N-dealkylation sites (tertiary alicyclic amines) is 1. The Kier molecular flexibility index (Phi) is 1.54. The minimum Gasteiger partial charge on any atom is -0.381 e. The lowest BCUT2D eigenvalue weighted by Gasteiger charge is -2.09. The van der Waals surface area contributed by atoms with Crippen molar-refractivity contribution in [3.8, 4) is 12.0 Å². The van der Waals surface area contributed by atoms with E-state index in [1.807, 2.05) is 0 Å². The average molecular weight is 151 g/mol. The van der Waals surface area contributed by atoms with Crippen LogP contribution in [0.15, 0.2) is 0 Å². The molecule has 11 heavy (non-hydrogen) atoms. The molecule has 1 aliphatic carbocycles. The van der Waals surface area contributed by atoms with E-state index >= 15 is 0 Å². The molecule has 0 aromatic carbocycles. The normalized spacial score (nSPS) is 35.6. The van der Waals surface area contributed by atoms with E-state index in [9.17, 15) is 0 Å². The molecule has 2 rings (SSSR count). The van der Waals surface area contributed by atoms with Gasteiger partial charge in [0.2, 0.25) is 0 Å². The Morgan fingerprint density at radius 1 is 1.45 bits per heavy atom. The molecule has 2 fully saturated rings. The van der Waals surface area contributed by atoms with Gasteiger partial charge < -0.3 is 10.0 Å². The Balaban J connectivity index is 1.85. The Bertz CT molecular complexity index is 203. The second kappa shape index (κ2) is 2.42. The Morgan fingerprint density at radius 3 is 2.64 bits per heavy atom. The Labute approximate surface area is 67.2 Å². The van der Waals surface area contributed by atoms with Crippen LogP contribution in [0, 0.1) is 23.8 Å². The van der Waals surface area contributed by atoms with Gasteiger partial charge in [0.05, 0.1) is 0 Å². The molecule has 0 bridgehead atoms. The molecule has 2 nitrogen and oxygen atoms in total. The first-order valence-corrected chi connectivity index (χ1v) is 4.20. The minimum atomic E-state index is -0.480. The molecule has 1 aliphatic heterocycles. The average Bonchev–Trinajstić information content (AvgIpc) is 2.56. The van der Waals surface area contributed by atoms with Gasteiger partial charge in [-0.3, -0.25) is 0 Å². The molecule has 0 aromatic heterocycles. The highest BCUT2D eigenvalue weighted by Gasteiger charge is 2.44. The topological polar surface area (TPSA) is 23.5 Å². The summed E-state index contributed by atoms with van der Waals surface area (Å²) in [5.41, 5.74) is 0. The highest BCUT2D eigenvalue weighted by atomic mass is 16.3. The zero-order chi connectivity index (χ0) is 7.84. The maximum Gasteiger partial charge on any atom is 0.113 e. The first-order chi connectivity index (χ1) is 5.25. The van der Waals surface area contributed by atoms with Crippen LogP contribution in [0.2, 0.25) is 0 Å². The molecule has 60 valence electrons. The molecule has 1 N–H and O–H groups in total. The van der Waals surface area contributed by atoms with Gasteiger partial charge in [-0.2, -0.15) is 0 Å². The van der Waals surface area contributed by atoms with Crippen LogP contribution < -0.4 is 0 Å². The maximum atomic E-state index is 8.89. The fraction of sp³-hybridized carbons (Fsp3) is 0.778. The molecule has 0 radical (unpaired) electrons. The number of fused-ring (bicyclic) bond motifs is 1. The minimum absolute atomic E-state index is 0.480. The van der Waals surface area contributed by atoms with Gasteiger partial charge in [-0.15, -0.1) is 0 Å². The van der Waals surface area contributed by atoms with Crippen LogP contribution in [0.3, 0.4) is 0 Å². The van der Waals surface area contributed by atoms with Gasteiger partial charge >= 0.3 is 0 Å². The van der Waals surface area contributed by atoms with Crippen molar-refractivity contribution in [3.05, 3.63) is 0 Å². The Hall–Kier alpha value is -0.680. The smallest absolute Gasteiger partial charge is 0.113 e. The molecule has 3 atom stereocenters. The summed E-state index contributed by atoms with van der Waals surface area (Å²) in [4.78, 5) is 2.13. The van der Waals surface area contributed by atoms with Crippen LogP contribution >= 0.6 is 0 Å². The van der Waals surface area contributed by atoms with Crippen molar-refractivity contribution in [2.45, 2.75) is 19.4 Å². The first kappa shape index (κ1) is 7.00. The third-order valence-electron chi connectivity index (χ3n) is 2.41. The van der Waals surface area contributed by atoms with Crippen molar-refractivity contribution in [1.82, 2.24) is 4.90 Å². The highest BCUT2D eigenvalue weighted by molar-refractivity contribution is 5.09. The zero-order valence-electron chi connectivity index (χ0n) is 6.75. The van der Waals surface area contributed by atoms with Crippen molar-refractivity contribution < 1.29 is 5.11 Å². The molecule has 3 unspecified atom stereocenters. The number of aliphatic hydroxyl groups is 1. The lowest BCUT2D eigenvalue weighted by atomic mass is 10.4. The van der Waals surface area contributed by atoms with Crippen LogP contribution in [0.25, 0.3) is 0 Å². The molecule has 1 heterocycles. The summed E-state index contributed by atoms with van der Waals surface area (Å²) < 4.78 is 0. The third kappa shape index (κ3) is 1.49. The molecule has 0 spiro atoms. The molecule has 0 aromatic rings. The summed E-state index contributed by atoms with van der Waals surface area (Å²) in [5, 5.41) is 8.89. The van der Waals surface area contributed by atoms with Crippen LogP contribution in [0.1, 0.15) is 13.3 Å². The second-order valence-corrected chi connectivity index (χ2v) is 3.59. The first-order valence-electron chi connectivity index (χ1n) is 4.20. The van der Waals surface area contributed by atoms with Gasteiger partial charge in [-0.05, 0) is 31.1 Å². The van der Waals surface area contributed by atoms with E-state index in [0.717, 1.165) is 24.9 Å². The number of aliphatic hydroxyl groups excluding tert-OH is 1. The van der Waals surface area contributed by atoms with E-state index in [1.54, 1.807) is 6.92 Å². The fourth-order valence-corrected chi connectivity index (χ4v) is 1.67. The number of hydrogen-bond acceptors (Lipinski definition) is 2. The number of nitrogens with zero attached hydrogens (tertiary/aromatic N) is 1. The highest BCUT2D eigenvalue weighted by Crippen LogP contribution is 2.44. The van der Waals surface area contributed by atoms with E-state index in [-0.39, 0.29) is 0 Å². The summed E-state index contributed by atoms with van der Waals surface area (Å²) >= 11 is 0. The van der Waals surface area contributed by atoms with E-state index in [2.05, 4.69) is 16.9 Å². The van der Waals surface area contributed by atoms with E-state index < -0.39 is 6.10 Å². The molecule has 1 saturated heterocycles. The number of piperidine rings is 1. The largest absolute Gasteiger partial charge is 0.381 e. The maximum absolute atomic E-state index is 8.89. The van der Waals surface area contributed by atoms with Crippen LogP contribution in [-0.4, -0.2) is 29.2 Å². The van der Waals surface area contributed by atoms with Crippen molar-refractivity contribution in [2.75, 3.05) is 13.1 Å². The van der Waals surface area contributed by atoms with Crippen molar-refractivity contribution in [3.63, 3.8) is 0 Å². The van der Waals surface area contributed by atoms with Crippen molar-refractivity contribution in [2.24, 2.45) is 11.8 Å². The summed E-state index contributed by atoms with van der Waals surface area (Å²) in [7, 11) is 0. The van der Waals surface area contributed by atoms with Crippen LogP contribution in [0.5, 0.6) is 0 Å². The molecule has 2 aliphatic rings. The number of rotatable bonds is 0. The quantitative estimate of drug-likeness (QED) is 0.503. The molecular formula is C9H13NO. The molecule has 0 amide bonds. The van der Waals surface area contributed by atoms with Crippen LogP contribution in [0.4, 0.5) is 0 Å². The lowest BCUT2D eigenvalue weighted by molar-refractivity contribution is 0.252. The van der Waals surface area contributed by atoms with Gasteiger partial charge in [0.25, 0.3) is 0 Å². The van der Waals surface area contributed by atoms with E-state index in [1.165, 1.54) is 6.42 Å². The zero-order valence-corrected chi connectivity index (χ0v) is 6.75. The SMILES string of the molecule is CC(O)C#CN1CC2CC2C1. The predicted octanol–water partition coefficient (Wildman–Crippen LogP) is 0.280. The van der Waals surface area contributed by atoms with Gasteiger partial charge in [-0.1, -0.05) is 0 Å². The van der Waals surface area contributed by atoms with E-state index in [4.69, 9.17) is 5.11 Å². The standard InChI is InChI=1S/C9H13NO/c1-7(11)2-3-10-5-8-4-9(8)6-10/h7-9,11H,4-6H2,1H3. The monoisotopic (exact) mass is 151 g/mol. The predicted molar refractivity (Wildman–Crippen MR) is 42.6 cm³/mol. The summed E-state index contributed by atoms with van der Waals surface area (Å²) in [5.74, 6) is 4.62. The summed E-state index contributed by atoms with van der Waals surface area (Å²) in [6.07, 6.45) is 0.930. The van der Waals surface area contributed by atoms with Gasteiger partial charge in [0, 0.05) is 19.1 Å². The molecular weight excluding hydrogens is 138 g/mol. The molecule has 1 saturated carbocycles.